The maximum absolute atomic E-state index is 12.4. The lowest BCUT2D eigenvalue weighted by molar-refractivity contribution is -0.111. The maximum atomic E-state index is 12.4. The molecule has 0 saturated heterocycles. The fraction of sp³-hybridized carbons (Fsp3) is 0.143. The van der Waals surface area contributed by atoms with E-state index in [4.69, 9.17) is 4.42 Å². The van der Waals surface area contributed by atoms with Crippen LogP contribution in [0.1, 0.15) is 18.2 Å². The van der Waals surface area contributed by atoms with Crippen molar-refractivity contribution in [1.82, 2.24) is 4.98 Å². The van der Waals surface area contributed by atoms with Gasteiger partial charge >= 0.3 is 0 Å². The van der Waals surface area contributed by atoms with Crippen LogP contribution in [0.3, 0.4) is 0 Å². The van der Waals surface area contributed by atoms with Crippen LogP contribution in [-0.4, -0.2) is 25.6 Å². The summed E-state index contributed by atoms with van der Waals surface area (Å²) in [6, 6.07) is 12.4. The number of fused-ring (bicyclic) bond motifs is 2. The average Bonchev–Trinajstić information content (AvgIpc) is 3.25. The van der Waals surface area contributed by atoms with Gasteiger partial charge in [-0.3, -0.25) is 10.1 Å². The molecule has 4 aromatic rings. The van der Waals surface area contributed by atoms with Gasteiger partial charge in [-0.05, 0) is 30.3 Å². The minimum Gasteiger partial charge on any atom is -0.460 e. The van der Waals surface area contributed by atoms with Gasteiger partial charge in [0.2, 0.25) is 5.91 Å². The minimum atomic E-state index is -3.29. The number of nitrogens with one attached hydrogen (secondary N) is 1. The van der Waals surface area contributed by atoms with Gasteiger partial charge in [0.05, 0.1) is 15.1 Å². The first-order valence-electron chi connectivity index (χ1n) is 8.95. The van der Waals surface area contributed by atoms with Crippen molar-refractivity contribution in [2.45, 2.75) is 18.2 Å². The molecule has 1 amide bonds. The summed E-state index contributed by atoms with van der Waals surface area (Å²) in [7, 11) is -3.29. The van der Waals surface area contributed by atoms with Crippen molar-refractivity contribution in [3.8, 4) is 0 Å². The van der Waals surface area contributed by atoms with E-state index in [1.165, 1.54) is 23.5 Å². The van der Waals surface area contributed by atoms with Gasteiger partial charge in [-0.2, -0.15) is 0 Å². The molecule has 0 aliphatic rings. The van der Waals surface area contributed by atoms with Crippen molar-refractivity contribution in [2.75, 3.05) is 11.6 Å². The first kappa shape index (κ1) is 19.4. The Bertz CT molecular complexity index is 1360. The van der Waals surface area contributed by atoms with E-state index < -0.39 is 9.84 Å². The van der Waals surface area contributed by atoms with Crippen molar-refractivity contribution in [2.24, 2.45) is 0 Å². The molecule has 148 valence electrons. The fourth-order valence-electron chi connectivity index (χ4n) is 3.06. The molecule has 29 heavy (non-hydrogen) atoms. The van der Waals surface area contributed by atoms with Crippen LogP contribution < -0.4 is 5.32 Å². The third-order valence-electron chi connectivity index (χ3n) is 4.45. The number of rotatable bonds is 5. The third kappa shape index (κ3) is 3.94. The number of nitrogens with zero attached hydrogens (tertiary/aromatic N) is 1. The molecule has 0 fully saturated rings. The van der Waals surface area contributed by atoms with Crippen molar-refractivity contribution in [3.63, 3.8) is 0 Å². The molecule has 0 unspecified atom stereocenters. The number of sulfone groups is 1. The van der Waals surface area contributed by atoms with E-state index in [9.17, 15) is 13.2 Å². The standard InChI is InChI=1S/C21H18N2O4S2/c1-3-17-15(14-6-4-5-7-18(14)27-17)9-11-20(24)23-21-22-16-10-8-13(29(2,25)26)12-19(16)28-21/h4-12H,3H2,1-2H3,(H,22,23,24)/b11-9+. The number of carbonyl (C=O) groups is 1. The summed E-state index contributed by atoms with van der Waals surface area (Å²) in [4.78, 5) is 17.0. The Morgan fingerprint density at radius 3 is 2.79 bits per heavy atom. The number of amides is 1. The second kappa shape index (κ2) is 7.46. The number of benzene rings is 2. The van der Waals surface area contributed by atoms with E-state index >= 15 is 0 Å². The topological polar surface area (TPSA) is 89.3 Å². The SMILES string of the molecule is CCc1oc2ccccc2c1/C=C/C(=O)Nc1nc2ccc(S(C)(=O)=O)cc2s1. The number of hydrogen-bond acceptors (Lipinski definition) is 6. The quantitative estimate of drug-likeness (QED) is 0.469. The highest BCUT2D eigenvalue weighted by atomic mass is 32.2. The first-order chi connectivity index (χ1) is 13.8. The maximum Gasteiger partial charge on any atom is 0.250 e. The second-order valence-electron chi connectivity index (χ2n) is 6.53. The van der Waals surface area contributed by atoms with Gasteiger partial charge in [-0.25, -0.2) is 13.4 Å². The van der Waals surface area contributed by atoms with Crippen molar-refractivity contribution >= 4 is 59.5 Å². The molecule has 6 nitrogen and oxygen atoms in total. The zero-order chi connectivity index (χ0) is 20.6. The summed E-state index contributed by atoms with van der Waals surface area (Å²) in [5, 5.41) is 4.11. The lowest BCUT2D eigenvalue weighted by Crippen LogP contribution is -2.07. The predicted molar refractivity (Wildman–Crippen MR) is 116 cm³/mol. The largest absolute Gasteiger partial charge is 0.460 e. The van der Waals surface area contributed by atoms with Crippen LogP contribution in [0.5, 0.6) is 0 Å². The van der Waals surface area contributed by atoms with E-state index in [0.29, 0.717) is 15.3 Å². The van der Waals surface area contributed by atoms with Gasteiger partial charge in [-0.1, -0.05) is 36.5 Å². The van der Waals surface area contributed by atoms with Crippen LogP contribution in [0, 0.1) is 0 Å². The molecule has 0 aliphatic carbocycles. The zero-order valence-electron chi connectivity index (χ0n) is 15.8. The molecular weight excluding hydrogens is 408 g/mol. The predicted octanol–water partition coefficient (Wildman–Crippen LogP) is 4.66. The Morgan fingerprint density at radius 1 is 1.24 bits per heavy atom. The molecule has 0 atom stereocenters. The van der Waals surface area contributed by atoms with Crippen LogP contribution in [0.25, 0.3) is 27.3 Å². The molecule has 2 aromatic carbocycles. The Morgan fingerprint density at radius 2 is 2.03 bits per heavy atom. The third-order valence-corrected chi connectivity index (χ3v) is 6.50. The molecule has 2 heterocycles. The number of carbonyl (C=O) groups excluding carboxylic acids is 1. The van der Waals surface area contributed by atoms with Gasteiger partial charge in [0.25, 0.3) is 0 Å². The van der Waals surface area contributed by atoms with E-state index in [1.54, 1.807) is 18.2 Å². The van der Waals surface area contributed by atoms with Gasteiger partial charge in [0.1, 0.15) is 11.3 Å². The number of aryl methyl sites for hydroxylation is 1. The smallest absolute Gasteiger partial charge is 0.250 e. The van der Waals surface area contributed by atoms with Crippen LogP contribution in [0.15, 0.2) is 57.9 Å². The molecule has 0 bridgehead atoms. The van der Waals surface area contributed by atoms with Crippen molar-refractivity contribution < 1.29 is 17.6 Å². The van der Waals surface area contributed by atoms with Gasteiger partial charge in [0, 0.05) is 29.7 Å². The second-order valence-corrected chi connectivity index (χ2v) is 9.58. The molecule has 0 spiro atoms. The monoisotopic (exact) mass is 426 g/mol. The van der Waals surface area contributed by atoms with Gasteiger partial charge < -0.3 is 4.42 Å². The van der Waals surface area contributed by atoms with Crippen molar-refractivity contribution in [3.05, 3.63) is 59.9 Å². The number of thiazole rings is 1. The van der Waals surface area contributed by atoms with Crippen LogP contribution in [-0.2, 0) is 21.1 Å². The van der Waals surface area contributed by atoms with Gasteiger partial charge in [-0.15, -0.1) is 0 Å². The summed E-state index contributed by atoms with van der Waals surface area (Å²) in [5.41, 5.74) is 2.31. The van der Waals surface area contributed by atoms with E-state index in [1.807, 2.05) is 31.2 Å². The molecule has 4 rings (SSSR count). The van der Waals surface area contributed by atoms with Gasteiger partial charge in [0.15, 0.2) is 15.0 Å². The van der Waals surface area contributed by atoms with Crippen LogP contribution in [0.2, 0.25) is 0 Å². The van der Waals surface area contributed by atoms with Crippen LogP contribution in [0.4, 0.5) is 5.13 Å². The molecule has 1 N–H and O–H groups in total. The molecule has 0 saturated carbocycles. The summed E-state index contributed by atoms with van der Waals surface area (Å²) in [5.74, 6) is 0.503. The Balaban J connectivity index is 1.57. The molecular formula is C21H18N2O4S2. The van der Waals surface area contributed by atoms with Crippen molar-refractivity contribution in [1.29, 1.82) is 0 Å². The lowest BCUT2D eigenvalue weighted by atomic mass is 10.1. The first-order valence-corrected chi connectivity index (χ1v) is 11.7. The number of para-hydroxylation sites is 1. The number of aromatic nitrogens is 1. The summed E-state index contributed by atoms with van der Waals surface area (Å²) >= 11 is 1.23. The highest BCUT2D eigenvalue weighted by Gasteiger charge is 2.13. The summed E-state index contributed by atoms with van der Waals surface area (Å²) in [6.07, 6.45) is 5.07. The Kier molecular flexibility index (Phi) is 4.97. The number of furan rings is 1. The normalized spacial score (nSPS) is 12.2. The summed E-state index contributed by atoms with van der Waals surface area (Å²) in [6.45, 7) is 2.00. The Hall–Kier alpha value is -2.97. The lowest BCUT2D eigenvalue weighted by Gasteiger charge is -1.96. The highest BCUT2D eigenvalue weighted by Crippen LogP contribution is 2.29. The zero-order valence-corrected chi connectivity index (χ0v) is 17.4. The summed E-state index contributed by atoms with van der Waals surface area (Å²) < 4.78 is 29.9. The molecule has 0 aliphatic heterocycles. The van der Waals surface area contributed by atoms with E-state index in [0.717, 1.165) is 35.0 Å². The van der Waals surface area contributed by atoms with Crippen LogP contribution >= 0.6 is 11.3 Å². The number of hydrogen-bond donors (Lipinski definition) is 1. The molecule has 8 heteroatoms. The average molecular weight is 427 g/mol. The number of anilines is 1. The molecule has 0 radical (unpaired) electrons. The Labute approximate surface area is 171 Å². The minimum absolute atomic E-state index is 0.227. The fourth-order valence-corrected chi connectivity index (χ4v) is 4.69. The molecule has 2 aromatic heterocycles. The highest BCUT2D eigenvalue weighted by molar-refractivity contribution is 7.90. The van der Waals surface area contributed by atoms with E-state index in [-0.39, 0.29) is 10.8 Å². The van der Waals surface area contributed by atoms with E-state index in [2.05, 4.69) is 10.3 Å².